The Hall–Kier alpha value is -3.39. The highest BCUT2D eigenvalue weighted by Crippen LogP contribution is 2.44. The molecule has 0 fully saturated rings. The molecule has 2 heterocycles. The standard InChI is InChI=1S/C30H27NO3S3/c1-5-34-30(35)27-18-26-28(37-27)19(2)36-29(26)20-6-8-21(9-7-20)31(22-10-14-24(32-3)15-11-22)23-12-16-25(33-4)17-13-23/h6-18H,5H2,1-4H3. The quantitative estimate of drug-likeness (QED) is 0.181. The number of nitrogens with zero attached hydrogens (tertiary/aromatic N) is 1. The van der Waals surface area contributed by atoms with Crippen LogP contribution in [0.5, 0.6) is 11.5 Å². The van der Waals surface area contributed by atoms with E-state index >= 15 is 0 Å². The molecule has 0 N–H and O–H groups in total. The van der Waals surface area contributed by atoms with Crippen molar-refractivity contribution in [3.05, 3.63) is 88.6 Å². The number of aryl methyl sites for hydroxylation is 1. The van der Waals surface area contributed by atoms with Gasteiger partial charge in [-0.05, 0) is 98.4 Å². The van der Waals surface area contributed by atoms with E-state index in [0.29, 0.717) is 11.7 Å². The van der Waals surface area contributed by atoms with Gasteiger partial charge in [-0.15, -0.1) is 22.7 Å². The number of benzene rings is 3. The summed E-state index contributed by atoms with van der Waals surface area (Å²) in [7, 11) is 3.36. The molecule has 0 aliphatic rings. The van der Waals surface area contributed by atoms with Crippen LogP contribution in [0.2, 0.25) is 0 Å². The Bertz CT molecular complexity index is 1470. The Morgan fingerprint density at radius 3 is 1.78 bits per heavy atom. The number of rotatable bonds is 8. The van der Waals surface area contributed by atoms with Crippen molar-refractivity contribution in [2.45, 2.75) is 13.8 Å². The van der Waals surface area contributed by atoms with E-state index in [2.05, 4.69) is 66.4 Å². The zero-order valence-corrected chi connectivity index (χ0v) is 23.6. The average Bonchev–Trinajstić information content (AvgIpc) is 3.51. The van der Waals surface area contributed by atoms with Crippen LogP contribution in [0.3, 0.4) is 0 Å². The van der Waals surface area contributed by atoms with Crippen molar-refractivity contribution in [1.29, 1.82) is 0 Å². The Morgan fingerprint density at radius 1 is 0.784 bits per heavy atom. The number of thiocarbonyl (C=S) groups is 1. The molecule has 5 rings (SSSR count). The second kappa shape index (κ2) is 10.9. The first-order valence-electron chi connectivity index (χ1n) is 11.9. The molecule has 0 aliphatic heterocycles. The third kappa shape index (κ3) is 5.07. The molecule has 0 spiro atoms. The molecule has 37 heavy (non-hydrogen) atoms. The van der Waals surface area contributed by atoms with Crippen LogP contribution in [0.4, 0.5) is 17.1 Å². The van der Waals surface area contributed by atoms with Crippen molar-refractivity contribution < 1.29 is 14.2 Å². The van der Waals surface area contributed by atoms with Gasteiger partial charge in [-0.2, -0.15) is 0 Å². The maximum atomic E-state index is 5.59. The monoisotopic (exact) mass is 545 g/mol. The molecule has 7 heteroatoms. The Labute approximate surface area is 230 Å². The first-order chi connectivity index (χ1) is 18.0. The highest BCUT2D eigenvalue weighted by molar-refractivity contribution is 7.80. The molecule has 188 valence electrons. The topological polar surface area (TPSA) is 30.9 Å². The van der Waals surface area contributed by atoms with Gasteiger partial charge in [0.05, 0.1) is 25.7 Å². The molecule has 0 saturated heterocycles. The molecule has 5 aromatic rings. The fraction of sp³-hybridized carbons (Fsp3) is 0.167. The second-order valence-corrected chi connectivity index (χ2v) is 11.0. The molecular formula is C30H27NO3S3. The lowest BCUT2D eigenvalue weighted by Gasteiger charge is -2.26. The largest absolute Gasteiger partial charge is 0.497 e. The predicted molar refractivity (Wildman–Crippen MR) is 161 cm³/mol. The summed E-state index contributed by atoms with van der Waals surface area (Å²) in [6, 6.07) is 27.1. The van der Waals surface area contributed by atoms with E-state index in [0.717, 1.165) is 33.4 Å². The van der Waals surface area contributed by atoms with Crippen molar-refractivity contribution in [1.82, 2.24) is 0 Å². The van der Waals surface area contributed by atoms with Gasteiger partial charge in [0.15, 0.2) is 0 Å². The van der Waals surface area contributed by atoms with Crippen LogP contribution in [0, 0.1) is 6.92 Å². The van der Waals surface area contributed by atoms with Crippen molar-refractivity contribution in [2.24, 2.45) is 0 Å². The van der Waals surface area contributed by atoms with Crippen LogP contribution in [-0.4, -0.2) is 25.9 Å². The van der Waals surface area contributed by atoms with Crippen LogP contribution < -0.4 is 14.4 Å². The molecule has 3 aromatic carbocycles. The minimum absolute atomic E-state index is 0.573. The summed E-state index contributed by atoms with van der Waals surface area (Å²) >= 11 is 9.00. The van der Waals surface area contributed by atoms with E-state index in [1.54, 1.807) is 25.6 Å². The first-order valence-corrected chi connectivity index (χ1v) is 13.9. The molecule has 4 nitrogen and oxygen atoms in total. The number of thiophene rings is 2. The summed E-state index contributed by atoms with van der Waals surface area (Å²) in [5.74, 6) is 1.65. The Kier molecular flexibility index (Phi) is 7.46. The highest BCUT2D eigenvalue weighted by Gasteiger charge is 2.18. The molecule has 0 saturated carbocycles. The van der Waals surface area contributed by atoms with Gasteiger partial charge in [-0.25, -0.2) is 0 Å². The lowest BCUT2D eigenvalue weighted by atomic mass is 10.1. The van der Waals surface area contributed by atoms with Crippen molar-refractivity contribution in [3.8, 4) is 21.9 Å². The van der Waals surface area contributed by atoms with E-state index in [9.17, 15) is 0 Å². The number of hydrogen-bond donors (Lipinski definition) is 0. The fourth-order valence-corrected chi connectivity index (χ4v) is 6.87. The third-order valence-electron chi connectivity index (χ3n) is 6.08. The van der Waals surface area contributed by atoms with Crippen LogP contribution in [-0.2, 0) is 4.74 Å². The van der Waals surface area contributed by atoms with Crippen molar-refractivity contribution in [2.75, 3.05) is 25.7 Å². The summed E-state index contributed by atoms with van der Waals surface area (Å²) in [6.07, 6.45) is 0. The highest BCUT2D eigenvalue weighted by atomic mass is 32.1. The second-order valence-electron chi connectivity index (χ2n) is 8.34. The first kappa shape index (κ1) is 25.3. The van der Waals surface area contributed by atoms with Crippen LogP contribution in [0.15, 0.2) is 78.9 Å². The molecule has 2 aromatic heterocycles. The zero-order valence-electron chi connectivity index (χ0n) is 21.1. The summed E-state index contributed by atoms with van der Waals surface area (Å²) < 4.78 is 17.6. The van der Waals surface area contributed by atoms with E-state index in [1.807, 2.05) is 42.5 Å². The van der Waals surface area contributed by atoms with Crippen molar-refractivity contribution >= 4 is 67.1 Å². The van der Waals surface area contributed by atoms with Gasteiger partial charge >= 0.3 is 0 Å². The lowest BCUT2D eigenvalue weighted by molar-refractivity contribution is 0.338. The van der Waals surface area contributed by atoms with E-state index in [4.69, 9.17) is 26.4 Å². The summed E-state index contributed by atoms with van der Waals surface area (Å²) in [6.45, 7) is 4.71. The van der Waals surface area contributed by atoms with Crippen LogP contribution in [0.25, 0.3) is 20.5 Å². The normalized spacial score (nSPS) is 10.9. The van der Waals surface area contributed by atoms with E-state index < -0.39 is 0 Å². The lowest BCUT2D eigenvalue weighted by Crippen LogP contribution is -2.09. The van der Waals surface area contributed by atoms with Crippen LogP contribution in [0.1, 0.15) is 16.7 Å². The van der Waals surface area contributed by atoms with Gasteiger partial charge < -0.3 is 19.1 Å². The maximum absolute atomic E-state index is 5.59. The van der Waals surface area contributed by atoms with Gasteiger partial charge in [-0.1, -0.05) is 12.1 Å². The molecule has 0 aliphatic carbocycles. The fourth-order valence-electron chi connectivity index (χ4n) is 4.26. The smallest absolute Gasteiger partial charge is 0.201 e. The SMILES string of the molecule is CCOC(=S)c1cc2c(-c3ccc(N(c4ccc(OC)cc4)c4ccc(OC)cc4)cc3)sc(C)c2s1. The maximum Gasteiger partial charge on any atom is 0.201 e. The zero-order chi connectivity index (χ0) is 25.9. The average molecular weight is 546 g/mol. The minimum Gasteiger partial charge on any atom is -0.497 e. The molecule has 0 radical (unpaired) electrons. The molecule has 0 atom stereocenters. The molecule has 0 amide bonds. The van der Waals surface area contributed by atoms with Gasteiger partial charge in [0.1, 0.15) is 11.5 Å². The summed E-state index contributed by atoms with van der Waals surface area (Å²) in [5, 5.41) is 1.81. The Morgan fingerprint density at radius 2 is 1.30 bits per heavy atom. The summed E-state index contributed by atoms with van der Waals surface area (Å²) in [5.41, 5.74) is 4.33. The molecule has 0 unspecified atom stereocenters. The summed E-state index contributed by atoms with van der Waals surface area (Å²) in [4.78, 5) is 5.78. The van der Waals surface area contributed by atoms with Crippen LogP contribution >= 0.6 is 34.9 Å². The number of fused-ring (bicyclic) bond motifs is 1. The minimum atomic E-state index is 0.573. The molecule has 0 bridgehead atoms. The number of methoxy groups -OCH3 is 2. The van der Waals surface area contributed by atoms with E-state index in [1.165, 1.54) is 25.4 Å². The number of ether oxygens (including phenoxy) is 3. The Balaban J connectivity index is 1.53. The third-order valence-corrected chi connectivity index (χ3v) is 9.10. The molecular weight excluding hydrogens is 519 g/mol. The van der Waals surface area contributed by atoms with Gasteiger partial charge in [0, 0.05) is 36.9 Å². The number of hydrogen-bond acceptors (Lipinski definition) is 7. The number of anilines is 3. The van der Waals surface area contributed by atoms with Gasteiger partial charge in [0.25, 0.3) is 0 Å². The predicted octanol–water partition coefficient (Wildman–Crippen LogP) is 9.14. The van der Waals surface area contributed by atoms with E-state index in [-0.39, 0.29) is 0 Å². The van der Waals surface area contributed by atoms with Crippen molar-refractivity contribution in [3.63, 3.8) is 0 Å². The van der Waals surface area contributed by atoms with Gasteiger partial charge in [-0.3, -0.25) is 0 Å². The van der Waals surface area contributed by atoms with Gasteiger partial charge in [0.2, 0.25) is 5.05 Å².